The van der Waals surface area contributed by atoms with E-state index < -0.39 is 22.1 Å². The molecule has 6 rings (SSSR count). The van der Waals surface area contributed by atoms with Crippen LogP contribution in [0.3, 0.4) is 0 Å². The van der Waals surface area contributed by atoms with Crippen LogP contribution in [0.1, 0.15) is 75.6 Å². The molecule has 0 bridgehead atoms. The van der Waals surface area contributed by atoms with Crippen molar-refractivity contribution in [2.45, 2.75) is 49.1 Å². The maximum absolute atomic E-state index is 13.9. The molecule has 0 saturated heterocycles. The van der Waals surface area contributed by atoms with E-state index in [1.54, 1.807) is 60.7 Å². The fourth-order valence-corrected chi connectivity index (χ4v) is 7.14. The molecule has 0 aliphatic heterocycles. The van der Waals surface area contributed by atoms with E-state index >= 15 is 0 Å². The number of carbonyl (C=O) groups is 3. The second kappa shape index (κ2) is 14.2. The first-order valence-electron chi connectivity index (χ1n) is 15.7. The normalized spacial score (nSPS) is 15.2. The fourth-order valence-electron chi connectivity index (χ4n) is 6.30. The van der Waals surface area contributed by atoms with Gasteiger partial charge < -0.3 is 20.7 Å². The third kappa shape index (κ3) is 7.08. The minimum Gasteiger partial charge on any atom is -0.484 e. The first-order chi connectivity index (χ1) is 23.1. The summed E-state index contributed by atoms with van der Waals surface area (Å²) in [4.78, 5) is 39.3. The number of amides is 1. The monoisotopic (exact) mass is 687 g/mol. The van der Waals surface area contributed by atoms with Crippen LogP contribution in [0.25, 0.3) is 0 Å². The first-order valence-corrected chi connectivity index (χ1v) is 17.7. The Bertz CT molecular complexity index is 1980. The van der Waals surface area contributed by atoms with Crippen molar-refractivity contribution in [1.82, 2.24) is 5.32 Å². The molecule has 12 heteroatoms. The van der Waals surface area contributed by atoms with E-state index in [9.17, 15) is 27.4 Å². The number of benzene rings is 4. The van der Waals surface area contributed by atoms with Crippen molar-refractivity contribution in [2.24, 2.45) is 0 Å². The molecule has 1 saturated carbocycles. The molecule has 0 aromatic heterocycles. The van der Waals surface area contributed by atoms with E-state index in [2.05, 4.69) is 16.0 Å². The van der Waals surface area contributed by atoms with Crippen molar-refractivity contribution >= 4 is 56.3 Å². The Morgan fingerprint density at radius 2 is 1.44 bits per heavy atom. The van der Waals surface area contributed by atoms with Gasteiger partial charge in [0.25, 0.3) is 10.1 Å². The van der Waals surface area contributed by atoms with Gasteiger partial charge in [-0.2, -0.15) is 8.42 Å². The standard InChI is InChI=1S/C36H34ClN3O7S/c37-20-32(41)38-21-30(27-12-6-7-13-31(27)48(44,45)46)47-24-16-14-23(15-17-24)40-29-19-18-28(39-22-8-2-1-3-9-22)33-34(29)36(43)26-11-5-4-10-25(26)35(33)42/h4-7,10-19,22,30,39-40H,1-3,8-9,20-21H2,(H,38,41)(H,44,45,46). The summed E-state index contributed by atoms with van der Waals surface area (Å²) in [5.74, 6) is -0.885. The number of halogens is 1. The molecule has 248 valence electrons. The molecule has 0 spiro atoms. The summed E-state index contributed by atoms with van der Waals surface area (Å²) in [6.07, 6.45) is 4.44. The van der Waals surface area contributed by atoms with Crippen molar-refractivity contribution in [1.29, 1.82) is 0 Å². The maximum Gasteiger partial charge on any atom is 0.294 e. The number of hydrogen-bond donors (Lipinski definition) is 4. The number of anilines is 3. The van der Waals surface area contributed by atoms with Gasteiger partial charge in [0.1, 0.15) is 22.6 Å². The molecule has 1 unspecified atom stereocenters. The van der Waals surface area contributed by atoms with Gasteiger partial charge in [0.2, 0.25) is 5.91 Å². The highest BCUT2D eigenvalue weighted by Gasteiger charge is 2.34. The number of rotatable bonds is 11. The average molecular weight is 688 g/mol. The molecule has 4 aromatic rings. The number of nitrogens with one attached hydrogen (secondary N) is 3. The Labute approximate surface area is 283 Å². The Balaban J connectivity index is 1.29. The third-order valence-corrected chi connectivity index (χ3v) is 9.77. The minimum absolute atomic E-state index is 0.122. The van der Waals surface area contributed by atoms with Gasteiger partial charge in [-0.25, -0.2) is 0 Å². The van der Waals surface area contributed by atoms with Crippen LogP contribution >= 0.6 is 11.6 Å². The molecular weight excluding hydrogens is 654 g/mol. The summed E-state index contributed by atoms with van der Waals surface area (Å²) in [5, 5.41) is 9.44. The van der Waals surface area contributed by atoms with E-state index in [-0.39, 0.29) is 40.5 Å². The second-order valence-corrected chi connectivity index (χ2v) is 13.5. The van der Waals surface area contributed by atoms with Crippen LogP contribution in [0.15, 0.2) is 89.8 Å². The number of ketones is 2. The Kier molecular flexibility index (Phi) is 9.81. The zero-order valence-corrected chi connectivity index (χ0v) is 27.4. The van der Waals surface area contributed by atoms with Crippen molar-refractivity contribution in [3.8, 4) is 5.75 Å². The van der Waals surface area contributed by atoms with Crippen LogP contribution in [-0.4, -0.2) is 48.9 Å². The van der Waals surface area contributed by atoms with Crippen LogP contribution in [0.5, 0.6) is 5.75 Å². The van der Waals surface area contributed by atoms with Crippen LogP contribution in [0.2, 0.25) is 0 Å². The van der Waals surface area contributed by atoms with Gasteiger partial charge in [0.15, 0.2) is 11.6 Å². The van der Waals surface area contributed by atoms with Crippen LogP contribution < -0.4 is 20.7 Å². The van der Waals surface area contributed by atoms with Gasteiger partial charge in [-0.3, -0.25) is 18.9 Å². The molecule has 1 atom stereocenters. The minimum atomic E-state index is -4.59. The van der Waals surface area contributed by atoms with E-state index in [0.717, 1.165) is 25.7 Å². The number of ether oxygens (including phenoxy) is 1. The summed E-state index contributed by atoms with van der Waals surface area (Å²) in [6, 6.07) is 23.2. The van der Waals surface area contributed by atoms with Gasteiger partial charge in [-0.15, -0.1) is 11.6 Å². The third-order valence-electron chi connectivity index (χ3n) is 8.60. The van der Waals surface area contributed by atoms with E-state index in [4.69, 9.17) is 16.3 Å². The van der Waals surface area contributed by atoms with E-state index in [1.165, 1.54) is 24.6 Å². The summed E-state index contributed by atoms with van der Waals surface area (Å²) >= 11 is 5.63. The largest absolute Gasteiger partial charge is 0.484 e. The molecule has 4 N–H and O–H groups in total. The molecule has 1 amide bonds. The first kappa shape index (κ1) is 33.2. The highest BCUT2D eigenvalue weighted by atomic mass is 35.5. The van der Waals surface area contributed by atoms with Crippen LogP contribution in [-0.2, 0) is 14.9 Å². The molecule has 0 heterocycles. The Morgan fingerprint density at radius 3 is 2.08 bits per heavy atom. The summed E-state index contributed by atoms with van der Waals surface area (Å²) in [7, 11) is -4.59. The SMILES string of the molecule is O=C(CCl)NCC(Oc1ccc(Nc2ccc(NC3CCCCC3)c3c2C(=O)c2ccccc2C3=O)cc1)c1ccccc1S(=O)(=O)O. The zero-order chi connectivity index (χ0) is 33.8. The summed E-state index contributed by atoms with van der Waals surface area (Å²) in [6.45, 7) is -0.122. The summed E-state index contributed by atoms with van der Waals surface area (Å²) in [5.41, 5.74) is 3.27. The number of carbonyl (C=O) groups excluding carboxylic acids is 3. The second-order valence-electron chi connectivity index (χ2n) is 11.8. The quantitative estimate of drug-likeness (QED) is 0.0881. The molecule has 4 aromatic carbocycles. The smallest absolute Gasteiger partial charge is 0.294 e. The average Bonchev–Trinajstić information content (AvgIpc) is 3.10. The van der Waals surface area contributed by atoms with Gasteiger partial charge in [-0.1, -0.05) is 61.7 Å². The van der Waals surface area contributed by atoms with Crippen molar-refractivity contribution in [3.05, 3.63) is 113 Å². The lowest BCUT2D eigenvalue weighted by Crippen LogP contribution is -2.32. The van der Waals surface area contributed by atoms with Gasteiger partial charge >= 0.3 is 0 Å². The van der Waals surface area contributed by atoms with Gasteiger partial charge in [0.05, 0.1) is 23.4 Å². The predicted molar refractivity (Wildman–Crippen MR) is 183 cm³/mol. The lowest BCUT2D eigenvalue weighted by Gasteiger charge is -2.28. The van der Waals surface area contributed by atoms with E-state index in [0.29, 0.717) is 45.1 Å². The molecule has 10 nitrogen and oxygen atoms in total. The van der Waals surface area contributed by atoms with Crippen molar-refractivity contribution in [3.63, 3.8) is 0 Å². The predicted octanol–water partition coefficient (Wildman–Crippen LogP) is 6.67. The van der Waals surface area contributed by atoms with E-state index in [1.807, 2.05) is 6.07 Å². The molecular formula is C36H34ClN3O7S. The van der Waals surface area contributed by atoms with Crippen molar-refractivity contribution in [2.75, 3.05) is 23.1 Å². The molecule has 48 heavy (non-hydrogen) atoms. The van der Waals surface area contributed by atoms with Gasteiger partial charge in [0, 0.05) is 34.1 Å². The van der Waals surface area contributed by atoms with Gasteiger partial charge in [-0.05, 0) is 55.3 Å². The van der Waals surface area contributed by atoms with Crippen LogP contribution in [0, 0.1) is 0 Å². The number of fused-ring (bicyclic) bond motifs is 2. The molecule has 1 fully saturated rings. The molecule has 2 aliphatic rings. The number of hydrogen-bond acceptors (Lipinski definition) is 8. The lowest BCUT2D eigenvalue weighted by atomic mass is 9.82. The fraction of sp³-hybridized carbons (Fsp3) is 0.250. The Morgan fingerprint density at radius 1 is 0.833 bits per heavy atom. The highest BCUT2D eigenvalue weighted by Crippen LogP contribution is 2.39. The lowest BCUT2D eigenvalue weighted by molar-refractivity contribution is -0.119. The molecule has 0 radical (unpaired) electrons. The Hall–Kier alpha value is -4.71. The zero-order valence-electron chi connectivity index (χ0n) is 25.9. The van der Waals surface area contributed by atoms with Crippen molar-refractivity contribution < 1.29 is 32.1 Å². The topological polar surface area (TPSA) is 151 Å². The number of alkyl halides is 1. The van der Waals surface area contributed by atoms with Crippen LogP contribution in [0.4, 0.5) is 17.1 Å². The molecule has 2 aliphatic carbocycles. The maximum atomic E-state index is 13.9. The summed E-state index contributed by atoms with van der Waals surface area (Å²) < 4.78 is 40.1. The highest BCUT2D eigenvalue weighted by molar-refractivity contribution is 7.85.